The van der Waals surface area contributed by atoms with Gasteiger partial charge in [0.1, 0.15) is 0 Å². The first-order valence-electron chi connectivity index (χ1n) is 19.6. The van der Waals surface area contributed by atoms with Gasteiger partial charge in [-0.3, -0.25) is 0 Å². The molecule has 0 N–H and O–H groups in total. The smallest absolute Gasteiger partial charge is 0.0443 e. The van der Waals surface area contributed by atoms with Gasteiger partial charge in [0.25, 0.3) is 0 Å². The van der Waals surface area contributed by atoms with E-state index in [1.54, 1.807) is 0 Å². The van der Waals surface area contributed by atoms with Crippen LogP contribution in [-0.4, -0.2) is 0 Å². The summed E-state index contributed by atoms with van der Waals surface area (Å²) in [4.78, 5) is 0. The molecular weight excluding hydrogens is 693 g/mol. The molecular formula is C55H36S. The summed E-state index contributed by atoms with van der Waals surface area (Å²) >= 11 is 1.98. The largest absolute Gasteiger partial charge is 0.134 e. The van der Waals surface area contributed by atoms with Gasteiger partial charge in [0, 0.05) is 31.2 Å². The average molecular weight is 729 g/mol. The van der Waals surface area contributed by atoms with Crippen LogP contribution in [0.4, 0.5) is 0 Å². The highest BCUT2D eigenvalue weighted by Crippen LogP contribution is 2.57. The zero-order valence-corrected chi connectivity index (χ0v) is 32.0. The minimum atomic E-state index is -0.124. The fraction of sp³-hybridized carbons (Fsp3) is 0.0545. The van der Waals surface area contributed by atoms with Crippen LogP contribution in [0.2, 0.25) is 0 Å². The standard InChI is InChI=1S/C55H36S/c1-55(2)47-27-15-14-26-44(47)52-48(55)32-46(51-45-29-28-33-16-6-7-19-35(33)53(45)56-54(51)52)38-30-31-43(37-21-9-8-20-36(37)38)50-41-24-12-10-22-39(41)49(34-17-4-3-5-18-34)40-23-11-13-25-42(40)50/h3-32H,1-2H3. The van der Waals surface area contributed by atoms with Crippen LogP contribution in [0.5, 0.6) is 0 Å². The Morgan fingerprint density at radius 1 is 0.339 bits per heavy atom. The molecule has 1 aliphatic rings. The Morgan fingerprint density at radius 2 is 0.893 bits per heavy atom. The summed E-state index contributed by atoms with van der Waals surface area (Å²) in [5.41, 5.74) is 13.2. The predicted octanol–water partition coefficient (Wildman–Crippen LogP) is 16.0. The Hall–Kier alpha value is -6.54. The summed E-state index contributed by atoms with van der Waals surface area (Å²) in [6.45, 7) is 4.82. The van der Waals surface area contributed by atoms with Crippen LogP contribution in [0, 0.1) is 0 Å². The second kappa shape index (κ2) is 11.7. The van der Waals surface area contributed by atoms with Crippen LogP contribution in [0.25, 0.3) is 108 Å². The molecule has 0 saturated carbocycles. The highest BCUT2D eigenvalue weighted by molar-refractivity contribution is 7.27. The van der Waals surface area contributed by atoms with Crippen molar-refractivity contribution in [3.05, 3.63) is 193 Å². The zero-order valence-electron chi connectivity index (χ0n) is 31.2. The normalized spacial score (nSPS) is 13.3. The highest BCUT2D eigenvalue weighted by Gasteiger charge is 2.38. The fourth-order valence-electron chi connectivity index (χ4n) is 10.1. The monoisotopic (exact) mass is 728 g/mol. The topological polar surface area (TPSA) is 0 Å². The molecule has 0 radical (unpaired) electrons. The molecule has 10 aromatic carbocycles. The molecule has 0 amide bonds. The lowest BCUT2D eigenvalue weighted by Gasteiger charge is -2.23. The molecule has 0 bridgehead atoms. The van der Waals surface area contributed by atoms with Crippen molar-refractivity contribution in [2.45, 2.75) is 19.3 Å². The van der Waals surface area contributed by atoms with Crippen LogP contribution in [-0.2, 0) is 5.41 Å². The van der Waals surface area contributed by atoms with E-state index >= 15 is 0 Å². The predicted molar refractivity (Wildman–Crippen MR) is 243 cm³/mol. The fourth-order valence-corrected chi connectivity index (χ4v) is 11.6. The molecule has 56 heavy (non-hydrogen) atoms. The van der Waals surface area contributed by atoms with Crippen molar-refractivity contribution in [1.82, 2.24) is 0 Å². The van der Waals surface area contributed by atoms with Crippen LogP contribution in [0.15, 0.2) is 182 Å². The molecule has 0 spiro atoms. The Labute approximate surface area is 329 Å². The Kier molecular flexibility index (Phi) is 6.66. The van der Waals surface area contributed by atoms with Crippen LogP contribution < -0.4 is 0 Å². The van der Waals surface area contributed by atoms with Gasteiger partial charge in [-0.1, -0.05) is 190 Å². The van der Waals surface area contributed by atoms with Crippen molar-refractivity contribution in [2.75, 3.05) is 0 Å². The molecule has 0 fully saturated rings. The van der Waals surface area contributed by atoms with Gasteiger partial charge >= 0.3 is 0 Å². The Bertz CT molecular complexity index is 3380. The van der Waals surface area contributed by atoms with Crippen LogP contribution in [0.1, 0.15) is 25.0 Å². The molecule has 0 saturated heterocycles. The number of hydrogen-bond donors (Lipinski definition) is 0. The molecule has 12 rings (SSSR count). The van der Waals surface area contributed by atoms with E-state index in [9.17, 15) is 0 Å². The maximum Gasteiger partial charge on any atom is 0.0443 e. The SMILES string of the molecule is CC1(C)c2ccccc2-c2c1cc(-c1ccc(-c3c4ccccc4c(-c4ccccc4)c4ccccc34)c3ccccc13)c1c2sc2c3ccccc3ccc21. The Morgan fingerprint density at radius 3 is 1.61 bits per heavy atom. The van der Waals surface area contributed by atoms with Crippen molar-refractivity contribution < 1.29 is 0 Å². The van der Waals surface area contributed by atoms with E-state index in [-0.39, 0.29) is 5.41 Å². The van der Waals surface area contributed by atoms with E-state index in [0.717, 1.165) is 0 Å². The quantitative estimate of drug-likeness (QED) is 0.159. The van der Waals surface area contributed by atoms with E-state index in [4.69, 9.17) is 0 Å². The summed E-state index contributed by atoms with van der Waals surface area (Å²) in [6, 6.07) is 68.0. The van der Waals surface area contributed by atoms with Crippen LogP contribution >= 0.6 is 11.3 Å². The number of rotatable bonds is 3. The average Bonchev–Trinajstić information content (AvgIpc) is 3.75. The molecule has 1 aliphatic carbocycles. The number of fused-ring (bicyclic) bond motifs is 12. The summed E-state index contributed by atoms with van der Waals surface area (Å²) in [7, 11) is 0. The molecule has 0 unspecified atom stereocenters. The highest BCUT2D eigenvalue weighted by atomic mass is 32.1. The maximum atomic E-state index is 2.56. The molecule has 1 heterocycles. The molecule has 262 valence electrons. The number of hydrogen-bond acceptors (Lipinski definition) is 1. The number of benzene rings is 10. The van der Waals surface area contributed by atoms with Crippen LogP contribution in [0.3, 0.4) is 0 Å². The van der Waals surface area contributed by atoms with E-state index in [0.29, 0.717) is 0 Å². The molecule has 0 atom stereocenters. The van der Waals surface area contributed by atoms with Gasteiger partial charge in [0.2, 0.25) is 0 Å². The van der Waals surface area contributed by atoms with Crippen molar-refractivity contribution >= 4 is 74.6 Å². The zero-order chi connectivity index (χ0) is 37.1. The third kappa shape index (κ3) is 4.29. The van der Waals surface area contributed by atoms with Gasteiger partial charge in [-0.05, 0) is 99.2 Å². The summed E-state index contributed by atoms with van der Waals surface area (Å²) in [5, 5.41) is 13.0. The second-order valence-electron chi connectivity index (χ2n) is 15.9. The molecule has 11 aromatic rings. The van der Waals surface area contributed by atoms with Crippen molar-refractivity contribution in [3.63, 3.8) is 0 Å². The van der Waals surface area contributed by atoms with Gasteiger partial charge < -0.3 is 0 Å². The Balaban J connectivity index is 1.20. The molecule has 1 aromatic heterocycles. The summed E-state index contributed by atoms with van der Waals surface area (Å²) < 4.78 is 2.76. The van der Waals surface area contributed by atoms with E-state index in [1.165, 1.54) is 119 Å². The van der Waals surface area contributed by atoms with Gasteiger partial charge in [-0.2, -0.15) is 0 Å². The molecule has 0 nitrogen and oxygen atoms in total. The van der Waals surface area contributed by atoms with E-state index in [1.807, 2.05) is 11.3 Å². The third-order valence-electron chi connectivity index (χ3n) is 12.7. The third-order valence-corrected chi connectivity index (χ3v) is 13.9. The first-order chi connectivity index (χ1) is 27.6. The van der Waals surface area contributed by atoms with Gasteiger partial charge in [-0.15, -0.1) is 11.3 Å². The van der Waals surface area contributed by atoms with Gasteiger partial charge in [0.15, 0.2) is 0 Å². The van der Waals surface area contributed by atoms with E-state index < -0.39 is 0 Å². The van der Waals surface area contributed by atoms with Gasteiger partial charge in [-0.25, -0.2) is 0 Å². The second-order valence-corrected chi connectivity index (χ2v) is 16.9. The van der Waals surface area contributed by atoms with Gasteiger partial charge in [0.05, 0.1) is 0 Å². The minimum Gasteiger partial charge on any atom is -0.134 e. The van der Waals surface area contributed by atoms with E-state index in [2.05, 4.69) is 196 Å². The first kappa shape index (κ1) is 31.8. The maximum absolute atomic E-state index is 2.56. The lowest BCUT2D eigenvalue weighted by atomic mass is 9.80. The van der Waals surface area contributed by atoms with Crippen molar-refractivity contribution in [3.8, 4) is 44.5 Å². The summed E-state index contributed by atoms with van der Waals surface area (Å²) in [6.07, 6.45) is 0. The molecule has 1 heteroatoms. The van der Waals surface area contributed by atoms with Crippen molar-refractivity contribution in [2.24, 2.45) is 0 Å². The minimum absolute atomic E-state index is 0.124. The first-order valence-corrected chi connectivity index (χ1v) is 20.4. The lowest BCUT2D eigenvalue weighted by molar-refractivity contribution is 0.661. The van der Waals surface area contributed by atoms with Crippen molar-refractivity contribution in [1.29, 1.82) is 0 Å². The lowest BCUT2D eigenvalue weighted by Crippen LogP contribution is -2.15. The molecule has 0 aliphatic heterocycles. The summed E-state index contributed by atoms with van der Waals surface area (Å²) in [5.74, 6) is 0. The number of thiophene rings is 1.